The van der Waals surface area contributed by atoms with Crippen molar-refractivity contribution in [3.8, 4) is 11.5 Å². The maximum absolute atomic E-state index is 12.0. The van der Waals surface area contributed by atoms with Crippen molar-refractivity contribution >= 4 is 12.1 Å². The molecule has 30 heavy (non-hydrogen) atoms. The van der Waals surface area contributed by atoms with E-state index in [1.54, 1.807) is 13.3 Å². The molecule has 1 unspecified atom stereocenters. The number of alkyl carbamates (subject to hydrolysis) is 1. The fourth-order valence-electron chi connectivity index (χ4n) is 3.26. The van der Waals surface area contributed by atoms with Gasteiger partial charge >= 0.3 is 6.09 Å². The molecule has 1 saturated heterocycles. The maximum atomic E-state index is 12.0. The number of amides is 1. The molecule has 0 bridgehead atoms. The molecule has 1 atom stereocenters. The fraction of sp³-hybridized carbons (Fsp3) is 0.500. The summed E-state index contributed by atoms with van der Waals surface area (Å²) in [7, 11) is 1.75. The van der Waals surface area contributed by atoms with Crippen LogP contribution in [0.5, 0.6) is 0 Å². The number of hydrogen-bond acceptors (Lipinski definition) is 5. The highest BCUT2D eigenvalue weighted by molar-refractivity contribution is 5.80. The number of nitrogens with zero attached hydrogens (tertiary/aromatic N) is 3. The number of oxazole rings is 1. The number of ether oxygens (including phenoxy) is 1. The SMILES string of the molecule is CN=C(NCc1coc(-c2ccc(C)cc2)n1)N1CCC(NC(=O)OC(C)(C)C)C1. The predicted molar refractivity (Wildman–Crippen MR) is 116 cm³/mol. The van der Waals surface area contributed by atoms with Gasteiger partial charge in [0.25, 0.3) is 0 Å². The van der Waals surface area contributed by atoms with E-state index in [0.29, 0.717) is 19.0 Å². The molecule has 2 heterocycles. The topological polar surface area (TPSA) is 92.0 Å². The van der Waals surface area contributed by atoms with Gasteiger partial charge in [0.15, 0.2) is 5.96 Å². The van der Waals surface area contributed by atoms with Gasteiger partial charge in [0.05, 0.1) is 18.3 Å². The van der Waals surface area contributed by atoms with Crippen LogP contribution in [0.25, 0.3) is 11.5 Å². The monoisotopic (exact) mass is 413 g/mol. The third kappa shape index (κ3) is 5.98. The van der Waals surface area contributed by atoms with Gasteiger partial charge in [-0.3, -0.25) is 4.99 Å². The van der Waals surface area contributed by atoms with Crippen LogP contribution in [0.2, 0.25) is 0 Å². The second-order valence-electron chi connectivity index (χ2n) is 8.49. The Labute approximate surface area is 177 Å². The predicted octanol–water partition coefficient (Wildman–Crippen LogP) is 3.32. The highest BCUT2D eigenvalue weighted by atomic mass is 16.6. The first-order valence-electron chi connectivity index (χ1n) is 10.2. The summed E-state index contributed by atoms with van der Waals surface area (Å²) >= 11 is 0. The van der Waals surface area contributed by atoms with Gasteiger partial charge in [-0.2, -0.15) is 0 Å². The third-order valence-corrected chi connectivity index (χ3v) is 4.70. The molecule has 2 N–H and O–H groups in total. The van der Waals surface area contributed by atoms with Crippen molar-refractivity contribution in [3.63, 3.8) is 0 Å². The van der Waals surface area contributed by atoms with Gasteiger partial charge in [-0.25, -0.2) is 9.78 Å². The molecule has 0 spiro atoms. The number of hydrogen-bond donors (Lipinski definition) is 2. The molecule has 0 radical (unpaired) electrons. The number of aromatic nitrogens is 1. The van der Waals surface area contributed by atoms with Gasteiger partial charge in [0.2, 0.25) is 5.89 Å². The number of aliphatic imine (C=N–C) groups is 1. The van der Waals surface area contributed by atoms with Crippen LogP contribution in [-0.2, 0) is 11.3 Å². The van der Waals surface area contributed by atoms with Crippen molar-refractivity contribution in [2.45, 2.75) is 52.3 Å². The Balaban J connectivity index is 1.51. The minimum Gasteiger partial charge on any atom is -0.444 e. The maximum Gasteiger partial charge on any atom is 0.407 e. The average molecular weight is 414 g/mol. The summed E-state index contributed by atoms with van der Waals surface area (Å²) < 4.78 is 11.0. The van der Waals surface area contributed by atoms with Crippen LogP contribution >= 0.6 is 0 Å². The number of guanidine groups is 1. The molecule has 1 aromatic carbocycles. The van der Waals surface area contributed by atoms with Gasteiger partial charge in [0.1, 0.15) is 11.9 Å². The fourth-order valence-corrected chi connectivity index (χ4v) is 3.26. The van der Waals surface area contributed by atoms with Crippen molar-refractivity contribution in [2.75, 3.05) is 20.1 Å². The molecule has 1 fully saturated rings. The van der Waals surface area contributed by atoms with E-state index in [9.17, 15) is 4.79 Å². The Hall–Kier alpha value is -3.03. The van der Waals surface area contributed by atoms with E-state index in [-0.39, 0.29) is 12.1 Å². The lowest BCUT2D eigenvalue weighted by Crippen LogP contribution is -2.44. The van der Waals surface area contributed by atoms with E-state index >= 15 is 0 Å². The number of aryl methyl sites for hydroxylation is 1. The van der Waals surface area contributed by atoms with Crippen molar-refractivity contribution in [1.29, 1.82) is 0 Å². The van der Waals surface area contributed by atoms with E-state index in [4.69, 9.17) is 9.15 Å². The molecule has 162 valence electrons. The zero-order chi connectivity index (χ0) is 21.7. The van der Waals surface area contributed by atoms with E-state index in [1.807, 2.05) is 52.0 Å². The summed E-state index contributed by atoms with van der Waals surface area (Å²) in [6, 6.07) is 8.10. The normalized spacial score (nSPS) is 17.2. The van der Waals surface area contributed by atoms with Crippen LogP contribution in [-0.4, -0.2) is 53.7 Å². The highest BCUT2D eigenvalue weighted by Gasteiger charge is 2.27. The largest absolute Gasteiger partial charge is 0.444 e. The summed E-state index contributed by atoms with van der Waals surface area (Å²) in [5, 5.41) is 6.25. The van der Waals surface area contributed by atoms with Crippen molar-refractivity contribution < 1.29 is 13.9 Å². The Morgan fingerprint density at radius 2 is 2.07 bits per heavy atom. The second-order valence-corrected chi connectivity index (χ2v) is 8.49. The number of likely N-dealkylation sites (tertiary alicyclic amines) is 1. The standard InChI is InChI=1S/C22H31N5O3/c1-15-6-8-16(9-7-15)19-25-18(14-29-19)12-24-20(23-5)27-11-10-17(13-27)26-21(28)30-22(2,3)4/h6-9,14,17H,10-13H2,1-5H3,(H,23,24)(H,26,28). The van der Waals surface area contributed by atoms with Crippen molar-refractivity contribution in [2.24, 2.45) is 4.99 Å². The molecule has 1 aromatic heterocycles. The van der Waals surface area contributed by atoms with Crippen LogP contribution in [0.4, 0.5) is 4.79 Å². The quantitative estimate of drug-likeness (QED) is 0.590. The second kappa shape index (κ2) is 9.19. The average Bonchev–Trinajstić information content (AvgIpc) is 3.31. The molecule has 0 aliphatic carbocycles. The van der Waals surface area contributed by atoms with Crippen LogP contribution < -0.4 is 10.6 Å². The van der Waals surface area contributed by atoms with Gasteiger partial charge in [-0.1, -0.05) is 17.7 Å². The minimum absolute atomic E-state index is 0.0265. The molecule has 2 aromatic rings. The first kappa shape index (κ1) is 21.7. The summed E-state index contributed by atoms with van der Waals surface area (Å²) in [6.07, 6.45) is 2.11. The Kier molecular flexibility index (Phi) is 6.64. The zero-order valence-corrected chi connectivity index (χ0v) is 18.4. The molecule has 0 saturated carbocycles. The molecule has 1 aliphatic heterocycles. The van der Waals surface area contributed by atoms with Crippen LogP contribution in [0.3, 0.4) is 0 Å². The van der Waals surface area contributed by atoms with Gasteiger partial charge in [0, 0.05) is 25.7 Å². The smallest absolute Gasteiger partial charge is 0.407 e. The summed E-state index contributed by atoms with van der Waals surface area (Å²) in [6.45, 7) is 9.59. The number of carbonyl (C=O) groups is 1. The first-order chi connectivity index (χ1) is 14.2. The lowest BCUT2D eigenvalue weighted by Gasteiger charge is -2.23. The first-order valence-corrected chi connectivity index (χ1v) is 10.2. The van der Waals surface area contributed by atoms with E-state index in [1.165, 1.54) is 5.56 Å². The van der Waals surface area contributed by atoms with Crippen molar-refractivity contribution in [3.05, 3.63) is 41.8 Å². The Morgan fingerprint density at radius 3 is 2.73 bits per heavy atom. The summed E-state index contributed by atoms with van der Waals surface area (Å²) in [5.74, 6) is 1.37. The lowest BCUT2D eigenvalue weighted by molar-refractivity contribution is 0.0507. The minimum atomic E-state index is -0.505. The van der Waals surface area contributed by atoms with Crippen molar-refractivity contribution in [1.82, 2.24) is 20.5 Å². The third-order valence-electron chi connectivity index (χ3n) is 4.70. The van der Waals surface area contributed by atoms with Crippen LogP contribution in [0.15, 0.2) is 39.9 Å². The van der Waals surface area contributed by atoms with Crippen LogP contribution in [0, 0.1) is 6.92 Å². The number of rotatable bonds is 4. The molecular formula is C22H31N5O3. The van der Waals surface area contributed by atoms with Crippen LogP contribution in [0.1, 0.15) is 38.4 Å². The van der Waals surface area contributed by atoms with Gasteiger partial charge in [-0.15, -0.1) is 0 Å². The molecule has 8 nitrogen and oxygen atoms in total. The van der Waals surface area contributed by atoms with E-state index in [2.05, 4.69) is 25.5 Å². The zero-order valence-electron chi connectivity index (χ0n) is 18.4. The summed E-state index contributed by atoms with van der Waals surface area (Å²) in [4.78, 5) is 23.0. The van der Waals surface area contributed by atoms with Gasteiger partial charge < -0.3 is 24.7 Å². The van der Waals surface area contributed by atoms with Gasteiger partial charge in [-0.05, 0) is 46.2 Å². The molecule has 3 rings (SSSR count). The Bertz CT molecular complexity index is 883. The lowest BCUT2D eigenvalue weighted by atomic mass is 10.1. The molecular weight excluding hydrogens is 382 g/mol. The summed E-state index contributed by atoms with van der Waals surface area (Å²) in [5.41, 5.74) is 2.44. The molecule has 1 aliphatic rings. The highest BCUT2D eigenvalue weighted by Crippen LogP contribution is 2.19. The molecule has 8 heteroatoms. The molecule has 1 amide bonds. The number of carbonyl (C=O) groups excluding carboxylic acids is 1. The number of benzene rings is 1. The number of nitrogens with one attached hydrogen (secondary N) is 2. The Morgan fingerprint density at radius 1 is 1.33 bits per heavy atom. The van der Waals surface area contributed by atoms with E-state index < -0.39 is 5.60 Å². The van der Waals surface area contributed by atoms with E-state index in [0.717, 1.165) is 30.2 Å².